The van der Waals surface area contributed by atoms with E-state index in [4.69, 9.17) is 28.3 Å². The largest absolute Gasteiger partial charge is 0.480 e. The highest BCUT2D eigenvalue weighted by atomic mass is 35.5. The Morgan fingerprint density at radius 3 is 2.18 bits per heavy atom. The quantitative estimate of drug-likeness (QED) is 0.302. The molecule has 3 atom stereocenters. The van der Waals surface area contributed by atoms with Gasteiger partial charge in [0.1, 0.15) is 6.04 Å². The lowest BCUT2D eigenvalue weighted by atomic mass is 9.65. The van der Waals surface area contributed by atoms with Gasteiger partial charge in [-0.15, -0.1) is 0 Å². The van der Waals surface area contributed by atoms with Crippen LogP contribution in [0.15, 0.2) is 54.6 Å². The first-order chi connectivity index (χ1) is 17.7. The van der Waals surface area contributed by atoms with Crippen molar-refractivity contribution in [2.45, 2.75) is 46.1 Å². The van der Waals surface area contributed by atoms with Gasteiger partial charge in [0.2, 0.25) is 5.91 Å². The fourth-order valence-corrected chi connectivity index (χ4v) is 5.45. The molecule has 0 aromatic heterocycles. The van der Waals surface area contributed by atoms with Crippen LogP contribution in [0, 0.1) is 16.7 Å². The molecule has 1 fully saturated rings. The molecule has 202 valence electrons. The predicted molar refractivity (Wildman–Crippen MR) is 146 cm³/mol. The zero-order valence-electron chi connectivity index (χ0n) is 21.3. The minimum Gasteiger partial charge on any atom is -0.480 e. The highest BCUT2D eigenvalue weighted by Gasteiger charge is 2.53. The second-order valence-corrected chi connectivity index (χ2v) is 11.1. The lowest BCUT2D eigenvalue weighted by Gasteiger charge is -2.39. The molecule has 8 nitrogen and oxygen atoms in total. The number of carboxylic acid groups (broad SMARTS) is 2. The molecule has 0 radical (unpaired) electrons. The molecular formula is C28H30Cl2N2O6. The van der Waals surface area contributed by atoms with Gasteiger partial charge in [0.15, 0.2) is 0 Å². The highest BCUT2D eigenvalue weighted by molar-refractivity contribution is 6.40. The molecule has 2 aromatic rings. The van der Waals surface area contributed by atoms with Gasteiger partial charge in [0.05, 0.1) is 15.6 Å². The molecule has 1 aliphatic rings. The standard InChI is InChI=1S/C28H30Cl2N2O6/c1-27(2)18(11-13-28(27,3)14-12-22(33)34)24(35)32-21(26(37)38)15-16-7-9-17(10-8-16)31-25(36)23-19(29)5-4-6-20(23)30/h4-10,12,14,18,21H,11,13,15H2,1-3H3,(H,31,36)(H,32,35)(H,33,34)(H,37,38)/b14-12+/t18?,21-,28?/m0/s1. The molecule has 1 saturated carbocycles. The van der Waals surface area contributed by atoms with E-state index in [0.717, 1.165) is 6.08 Å². The maximum atomic E-state index is 13.2. The van der Waals surface area contributed by atoms with E-state index in [1.54, 1.807) is 48.5 Å². The van der Waals surface area contributed by atoms with E-state index in [2.05, 4.69) is 10.6 Å². The van der Waals surface area contributed by atoms with Crippen molar-refractivity contribution in [1.29, 1.82) is 0 Å². The molecule has 0 spiro atoms. The maximum absolute atomic E-state index is 13.2. The van der Waals surface area contributed by atoms with Crippen LogP contribution in [0.3, 0.4) is 0 Å². The van der Waals surface area contributed by atoms with Crippen LogP contribution in [0.2, 0.25) is 10.0 Å². The number of benzene rings is 2. The van der Waals surface area contributed by atoms with Crippen molar-refractivity contribution in [3.8, 4) is 0 Å². The normalized spacial score (nSPS) is 21.1. The van der Waals surface area contributed by atoms with Gasteiger partial charge in [-0.3, -0.25) is 9.59 Å². The molecule has 4 N–H and O–H groups in total. The van der Waals surface area contributed by atoms with E-state index in [0.29, 0.717) is 24.1 Å². The Morgan fingerprint density at radius 2 is 1.63 bits per heavy atom. The van der Waals surface area contributed by atoms with Crippen molar-refractivity contribution >= 4 is 52.6 Å². The number of nitrogens with one attached hydrogen (secondary N) is 2. The van der Waals surface area contributed by atoms with Crippen molar-refractivity contribution in [2.24, 2.45) is 16.7 Å². The summed E-state index contributed by atoms with van der Waals surface area (Å²) in [6.07, 6.45) is 3.87. The van der Waals surface area contributed by atoms with Crippen LogP contribution in [0.1, 0.15) is 49.5 Å². The van der Waals surface area contributed by atoms with Crippen LogP contribution >= 0.6 is 23.2 Å². The average Bonchev–Trinajstić information content (AvgIpc) is 3.07. The molecule has 10 heteroatoms. The third kappa shape index (κ3) is 6.37. The van der Waals surface area contributed by atoms with Crippen molar-refractivity contribution in [1.82, 2.24) is 5.32 Å². The van der Waals surface area contributed by atoms with E-state index in [9.17, 15) is 24.3 Å². The monoisotopic (exact) mass is 560 g/mol. The fourth-order valence-electron chi connectivity index (χ4n) is 4.88. The van der Waals surface area contributed by atoms with Gasteiger partial charge in [-0.25, -0.2) is 9.59 Å². The second kappa shape index (κ2) is 11.6. The summed E-state index contributed by atoms with van der Waals surface area (Å²) in [6.45, 7) is 5.71. The summed E-state index contributed by atoms with van der Waals surface area (Å²) < 4.78 is 0. The highest BCUT2D eigenvalue weighted by Crippen LogP contribution is 2.56. The summed E-state index contributed by atoms with van der Waals surface area (Å²) in [5.41, 5.74) is 0.147. The number of carbonyl (C=O) groups excluding carboxylic acids is 2. The number of hydrogen-bond acceptors (Lipinski definition) is 4. The van der Waals surface area contributed by atoms with Crippen LogP contribution in [0.25, 0.3) is 0 Å². The summed E-state index contributed by atoms with van der Waals surface area (Å²) in [7, 11) is 0. The third-order valence-corrected chi connectivity index (χ3v) is 8.29. The molecule has 0 bridgehead atoms. The van der Waals surface area contributed by atoms with Gasteiger partial charge in [-0.05, 0) is 53.5 Å². The number of carboxylic acids is 2. The number of carbonyl (C=O) groups is 4. The topological polar surface area (TPSA) is 133 Å². The zero-order chi connectivity index (χ0) is 28.3. The molecule has 0 heterocycles. The molecule has 0 aliphatic heterocycles. The first kappa shape index (κ1) is 29.2. The second-order valence-electron chi connectivity index (χ2n) is 10.3. The Hall–Kier alpha value is -3.36. The summed E-state index contributed by atoms with van der Waals surface area (Å²) in [5, 5.41) is 24.6. The van der Waals surface area contributed by atoms with E-state index in [-0.39, 0.29) is 27.9 Å². The number of hydrogen-bond donors (Lipinski definition) is 4. The number of rotatable bonds is 9. The van der Waals surface area contributed by atoms with Gasteiger partial charge in [0.25, 0.3) is 5.91 Å². The van der Waals surface area contributed by atoms with Gasteiger partial charge in [-0.2, -0.15) is 0 Å². The van der Waals surface area contributed by atoms with E-state index < -0.39 is 40.6 Å². The minimum absolute atomic E-state index is 0.0367. The van der Waals surface area contributed by atoms with Crippen LogP contribution < -0.4 is 10.6 Å². The Labute approximate surface area is 231 Å². The van der Waals surface area contributed by atoms with Crippen molar-refractivity contribution < 1.29 is 29.4 Å². The van der Waals surface area contributed by atoms with Crippen molar-refractivity contribution in [3.63, 3.8) is 0 Å². The summed E-state index contributed by atoms with van der Waals surface area (Å²) >= 11 is 12.2. The lowest BCUT2D eigenvalue weighted by molar-refractivity contribution is -0.143. The van der Waals surface area contributed by atoms with Crippen LogP contribution in [-0.2, 0) is 20.8 Å². The number of amides is 2. The fraction of sp³-hybridized carbons (Fsp3) is 0.357. The lowest BCUT2D eigenvalue weighted by Crippen LogP contribution is -2.48. The van der Waals surface area contributed by atoms with Crippen LogP contribution in [0.4, 0.5) is 5.69 Å². The molecule has 1 aliphatic carbocycles. The third-order valence-electron chi connectivity index (χ3n) is 7.66. The molecule has 2 amide bonds. The number of allylic oxidation sites excluding steroid dienone is 1. The number of halogens is 2. The van der Waals surface area contributed by atoms with Crippen LogP contribution in [-0.4, -0.2) is 40.0 Å². The van der Waals surface area contributed by atoms with Gasteiger partial charge in [-0.1, -0.05) is 68.2 Å². The smallest absolute Gasteiger partial charge is 0.327 e. The first-order valence-corrected chi connectivity index (χ1v) is 12.8. The van der Waals surface area contributed by atoms with Crippen molar-refractivity contribution in [2.75, 3.05) is 5.32 Å². The van der Waals surface area contributed by atoms with Gasteiger partial charge in [0, 0.05) is 24.1 Å². The van der Waals surface area contributed by atoms with Gasteiger partial charge >= 0.3 is 11.9 Å². The Bertz CT molecular complexity index is 1250. The van der Waals surface area contributed by atoms with E-state index in [1.165, 1.54) is 0 Å². The Morgan fingerprint density at radius 1 is 1.03 bits per heavy atom. The predicted octanol–water partition coefficient (Wildman–Crippen LogP) is 5.44. The summed E-state index contributed by atoms with van der Waals surface area (Å²) in [5.74, 6) is -3.57. The molecule has 0 saturated heterocycles. The van der Waals surface area contributed by atoms with Crippen molar-refractivity contribution in [3.05, 3.63) is 75.8 Å². The van der Waals surface area contributed by atoms with Gasteiger partial charge < -0.3 is 20.8 Å². The summed E-state index contributed by atoms with van der Waals surface area (Å²) in [6, 6.07) is 10.2. The summed E-state index contributed by atoms with van der Waals surface area (Å²) in [4.78, 5) is 48.8. The molecular weight excluding hydrogens is 531 g/mol. The van der Waals surface area contributed by atoms with E-state index in [1.807, 2.05) is 20.8 Å². The SMILES string of the molecule is CC1(/C=C/C(=O)O)CCC(C(=O)N[C@@H](Cc2ccc(NC(=O)c3c(Cl)cccc3Cl)cc2)C(=O)O)C1(C)C. The molecule has 38 heavy (non-hydrogen) atoms. The number of anilines is 1. The average molecular weight is 561 g/mol. The van der Waals surface area contributed by atoms with Crippen LogP contribution in [0.5, 0.6) is 0 Å². The number of aliphatic carboxylic acids is 2. The van der Waals surface area contributed by atoms with E-state index >= 15 is 0 Å². The zero-order valence-corrected chi connectivity index (χ0v) is 22.8. The molecule has 2 aromatic carbocycles. The molecule has 3 rings (SSSR count). The maximum Gasteiger partial charge on any atom is 0.327 e. The Kier molecular flexibility index (Phi) is 8.90. The minimum atomic E-state index is -1.17. The Balaban J connectivity index is 1.67. The molecule has 2 unspecified atom stereocenters. The first-order valence-electron chi connectivity index (χ1n) is 12.0.